The monoisotopic (exact) mass is 318 g/mol. The van der Waals surface area contributed by atoms with Gasteiger partial charge in [-0.1, -0.05) is 24.3 Å². The van der Waals surface area contributed by atoms with Crippen LogP contribution < -0.4 is 5.32 Å². The second-order valence-corrected chi connectivity index (χ2v) is 5.32. The highest BCUT2D eigenvalue weighted by atomic mass is 16.5. The van der Waals surface area contributed by atoms with Crippen molar-refractivity contribution >= 4 is 6.03 Å². The number of H-pyrrole nitrogens is 1. The summed E-state index contributed by atoms with van der Waals surface area (Å²) in [6, 6.07) is 9.52. The fraction of sp³-hybridized carbons (Fsp3) is 0.375. The summed E-state index contributed by atoms with van der Waals surface area (Å²) in [6.45, 7) is 0.845. The van der Waals surface area contributed by atoms with Crippen LogP contribution in [0.1, 0.15) is 5.56 Å². The van der Waals surface area contributed by atoms with Gasteiger partial charge in [0.15, 0.2) is 0 Å². The van der Waals surface area contributed by atoms with Crippen molar-refractivity contribution in [3.05, 3.63) is 42.1 Å². The van der Waals surface area contributed by atoms with Gasteiger partial charge in [0.05, 0.1) is 24.9 Å². The molecule has 7 nitrogen and oxygen atoms in total. The van der Waals surface area contributed by atoms with Crippen molar-refractivity contribution in [3.8, 4) is 11.3 Å². The number of benzene rings is 1. The van der Waals surface area contributed by atoms with E-state index < -0.39 is 6.10 Å². The Morgan fingerprint density at radius 1 is 1.39 bits per heavy atom. The number of hydrogen-bond donors (Lipinski definition) is 3. The molecule has 0 aliphatic carbocycles. The third-order valence-electron chi connectivity index (χ3n) is 3.40. The summed E-state index contributed by atoms with van der Waals surface area (Å²) in [5.41, 5.74) is 2.98. The van der Waals surface area contributed by atoms with Gasteiger partial charge in [0, 0.05) is 26.9 Å². The molecule has 2 amide bonds. The van der Waals surface area contributed by atoms with E-state index in [1.165, 1.54) is 12.0 Å². The first-order valence-corrected chi connectivity index (χ1v) is 7.35. The Hall–Kier alpha value is -2.38. The van der Waals surface area contributed by atoms with E-state index in [1.807, 2.05) is 30.3 Å². The third-order valence-corrected chi connectivity index (χ3v) is 3.40. The zero-order chi connectivity index (χ0) is 16.7. The van der Waals surface area contributed by atoms with Crippen molar-refractivity contribution in [2.75, 3.05) is 27.3 Å². The SMILES string of the molecule is COC[C@@H](O)CN(C)C(=O)NCc1ccc(-c2ccn[nH]2)cc1. The summed E-state index contributed by atoms with van der Waals surface area (Å²) in [4.78, 5) is 13.4. The molecule has 0 unspecified atom stereocenters. The molecule has 3 N–H and O–H groups in total. The molecular formula is C16H22N4O3. The smallest absolute Gasteiger partial charge is 0.317 e. The predicted octanol–water partition coefficient (Wildman–Crippen LogP) is 1.23. The number of nitrogens with one attached hydrogen (secondary N) is 2. The highest BCUT2D eigenvalue weighted by Crippen LogP contribution is 2.16. The summed E-state index contributed by atoms with van der Waals surface area (Å²) >= 11 is 0. The second kappa shape index (κ2) is 8.30. The standard InChI is InChI=1S/C16H22N4O3/c1-20(10-14(21)11-23-2)16(22)17-9-12-3-5-13(6-4-12)15-7-8-18-19-15/h3-8,14,21H,9-11H2,1-2H3,(H,17,22)(H,18,19)/t14-/m0/s1. The van der Waals surface area contributed by atoms with Crippen LogP contribution in [-0.4, -0.2) is 59.6 Å². The van der Waals surface area contributed by atoms with E-state index >= 15 is 0 Å². The van der Waals surface area contributed by atoms with Crippen molar-refractivity contribution in [1.29, 1.82) is 0 Å². The minimum absolute atomic E-state index is 0.201. The first kappa shape index (κ1) is 17.0. The number of likely N-dealkylation sites (N-methyl/N-ethyl adjacent to an activating group) is 1. The lowest BCUT2D eigenvalue weighted by molar-refractivity contribution is 0.0489. The number of aliphatic hydroxyl groups excluding tert-OH is 1. The lowest BCUT2D eigenvalue weighted by Crippen LogP contribution is -2.42. The molecule has 0 saturated heterocycles. The van der Waals surface area contributed by atoms with Crippen LogP contribution in [0, 0.1) is 0 Å². The van der Waals surface area contributed by atoms with Gasteiger partial charge in [-0.25, -0.2) is 4.79 Å². The second-order valence-electron chi connectivity index (χ2n) is 5.32. The molecule has 0 radical (unpaired) electrons. The summed E-state index contributed by atoms with van der Waals surface area (Å²) in [6.07, 6.45) is 1.02. The fourth-order valence-corrected chi connectivity index (χ4v) is 2.18. The molecule has 0 bridgehead atoms. The van der Waals surface area contributed by atoms with Gasteiger partial charge in [-0.3, -0.25) is 5.10 Å². The topological polar surface area (TPSA) is 90.5 Å². The molecule has 1 aromatic heterocycles. The molecule has 1 heterocycles. The van der Waals surface area contributed by atoms with Crippen molar-refractivity contribution in [3.63, 3.8) is 0 Å². The molecule has 0 spiro atoms. The summed E-state index contributed by atoms with van der Waals surface area (Å²) in [5, 5.41) is 19.3. The quantitative estimate of drug-likeness (QED) is 0.716. The number of carbonyl (C=O) groups excluding carboxylic acids is 1. The van der Waals surface area contributed by atoms with E-state index in [9.17, 15) is 9.90 Å². The van der Waals surface area contributed by atoms with E-state index in [4.69, 9.17) is 4.74 Å². The van der Waals surface area contributed by atoms with Crippen LogP contribution in [0.25, 0.3) is 11.3 Å². The first-order valence-electron chi connectivity index (χ1n) is 7.35. The van der Waals surface area contributed by atoms with Gasteiger partial charge in [-0.05, 0) is 17.2 Å². The molecule has 124 valence electrons. The molecule has 1 aromatic carbocycles. The highest BCUT2D eigenvalue weighted by molar-refractivity contribution is 5.73. The van der Waals surface area contributed by atoms with Crippen LogP contribution >= 0.6 is 0 Å². The van der Waals surface area contributed by atoms with Crippen LogP contribution in [0.2, 0.25) is 0 Å². The number of aliphatic hydroxyl groups is 1. The molecule has 0 aliphatic heterocycles. The molecule has 1 atom stereocenters. The molecule has 23 heavy (non-hydrogen) atoms. The summed E-state index contributed by atoms with van der Waals surface area (Å²) in [5.74, 6) is 0. The number of amides is 2. The molecule has 2 aromatic rings. The Morgan fingerprint density at radius 2 is 2.13 bits per heavy atom. The number of methoxy groups -OCH3 is 1. The average molecular weight is 318 g/mol. The number of ether oxygens (including phenoxy) is 1. The minimum atomic E-state index is -0.690. The van der Waals surface area contributed by atoms with E-state index in [0.717, 1.165) is 16.8 Å². The molecule has 0 saturated carbocycles. The van der Waals surface area contributed by atoms with Gasteiger partial charge in [-0.2, -0.15) is 5.10 Å². The predicted molar refractivity (Wildman–Crippen MR) is 86.8 cm³/mol. The Kier molecular flexibility index (Phi) is 6.13. The van der Waals surface area contributed by atoms with E-state index in [-0.39, 0.29) is 19.2 Å². The Bertz CT molecular complexity index is 598. The van der Waals surface area contributed by atoms with Crippen LogP contribution in [-0.2, 0) is 11.3 Å². The zero-order valence-electron chi connectivity index (χ0n) is 13.3. The normalized spacial score (nSPS) is 12.0. The van der Waals surface area contributed by atoms with E-state index in [1.54, 1.807) is 13.2 Å². The molecular weight excluding hydrogens is 296 g/mol. The van der Waals surface area contributed by atoms with Crippen molar-refractivity contribution in [2.45, 2.75) is 12.6 Å². The molecule has 7 heteroatoms. The van der Waals surface area contributed by atoms with Crippen molar-refractivity contribution < 1.29 is 14.6 Å². The summed E-state index contributed by atoms with van der Waals surface area (Å²) < 4.78 is 4.84. The lowest BCUT2D eigenvalue weighted by Gasteiger charge is -2.21. The zero-order valence-corrected chi connectivity index (χ0v) is 13.3. The minimum Gasteiger partial charge on any atom is -0.389 e. The third kappa shape index (κ3) is 5.08. The van der Waals surface area contributed by atoms with E-state index in [2.05, 4.69) is 15.5 Å². The molecule has 0 fully saturated rings. The van der Waals surface area contributed by atoms with Gasteiger partial charge < -0.3 is 20.1 Å². The van der Waals surface area contributed by atoms with Gasteiger partial charge in [0.1, 0.15) is 0 Å². The number of aromatic amines is 1. The number of rotatable bonds is 7. The maximum absolute atomic E-state index is 12.0. The number of aromatic nitrogens is 2. The van der Waals surface area contributed by atoms with Crippen LogP contribution in [0.3, 0.4) is 0 Å². The Morgan fingerprint density at radius 3 is 2.74 bits per heavy atom. The fourth-order valence-electron chi connectivity index (χ4n) is 2.18. The average Bonchev–Trinajstić information content (AvgIpc) is 3.07. The molecule has 2 rings (SSSR count). The molecule has 0 aliphatic rings. The van der Waals surface area contributed by atoms with Crippen molar-refractivity contribution in [1.82, 2.24) is 20.4 Å². The van der Waals surface area contributed by atoms with Gasteiger partial charge in [0.25, 0.3) is 0 Å². The highest BCUT2D eigenvalue weighted by Gasteiger charge is 2.13. The van der Waals surface area contributed by atoms with Crippen molar-refractivity contribution in [2.24, 2.45) is 0 Å². The lowest BCUT2D eigenvalue weighted by atomic mass is 10.1. The number of hydrogen-bond acceptors (Lipinski definition) is 4. The number of urea groups is 1. The Balaban J connectivity index is 1.82. The van der Waals surface area contributed by atoms with Crippen LogP contribution in [0.15, 0.2) is 36.5 Å². The van der Waals surface area contributed by atoms with Gasteiger partial charge >= 0.3 is 6.03 Å². The van der Waals surface area contributed by atoms with Crippen LogP contribution in [0.4, 0.5) is 4.79 Å². The van der Waals surface area contributed by atoms with E-state index in [0.29, 0.717) is 6.54 Å². The first-order chi connectivity index (χ1) is 11.1. The summed E-state index contributed by atoms with van der Waals surface area (Å²) in [7, 11) is 3.14. The van der Waals surface area contributed by atoms with Crippen LogP contribution in [0.5, 0.6) is 0 Å². The maximum atomic E-state index is 12.0. The maximum Gasteiger partial charge on any atom is 0.317 e. The number of carbonyl (C=O) groups is 1. The largest absolute Gasteiger partial charge is 0.389 e. The van der Waals surface area contributed by atoms with Gasteiger partial charge in [0.2, 0.25) is 0 Å². The Labute approximate surface area is 135 Å². The number of nitrogens with zero attached hydrogens (tertiary/aromatic N) is 2. The van der Waals surface area contributed by atoms with Gasteiger partial charge in [-0.15, -0.1) is 0 Å².